The molecule has 0 bridgehead atoms. The molecule has 1 aliphatic rings. The van der Waals surface area contributed by atoms with Crippen LogP contribution in [0.4, 0.5) is 0 Å². The lowest BCUT2D eigenvalue weighted by Gasteiger charge is -2.32. The number of hydrogen-bond acceptors (Lipinski definition) is 5. The van der Waals surface area contributed by atoms with Crippen molar-refractivity contribution in [1.82, 2.24) is 19.1 Å². The molecule has 26 heavy (non-hydrogen) atoms. The zero-order valence-corrected chi connectivity index (χ0v) is 15.6. The minimum Gasteiger partial charge on any atom is -0.371 e. The van der Waals surface area contributed by atoms with Crippen molar-refractivity contribution in [3.05, 3.63) is 53.4 Å². The first kappa shape index (κ1) is 17.4. The second-order valence-corrected chi connectivity index (χ2v) is 8.43. The van der Waals surface area contributed by atoms with Gasteiger partial charge in [-0.1, -0.05) is 11.6 Å². The number of halogens is 1. The van der Waals surface area contributed by atoms with Crippen molar-refractivity contribution < 1.29 is 13.2 Å². The van der Waals surface area contributed by atoms with Crippen LogP contribution < -0.4 is 0 Å². The first-order chi connectivity index (χ1) is 12.5. The Balaban J connectivity index is 1.72. The molecule has 0 N–H and O–H groups in total. The number of sulfonamides is 1. The maximum Gasteiger partial charge on any atom is 0.243 e. The van der Waals surface area contributed by atoms with Gasteiger partial charge in [0, 0.05) is 43.5 Å². The van der Waals surface area contributed by atoms with Crippen LogP contribution in [0.15, 0.2) is 47.8 Å². The lowest BCUT2D eigenvalue weighted by Crippen LogP contribution is -2.42. The van der Waals surface area contributed by atoms with Gasteiger partial charge in [0.15, 0.2) is 0 Å². The van der Waals surface area contributed by atoms with Gasteiger partial charge in [0.1, 0.15) is 0 Å². The SMILES string of the molecule is Cn1cc([C@H]2CN(S(=O)(=O)c3ccc(Cl)c4ncccc34)CCO2)cn1. The van der Waals surface area contributed by atoms with Gasteiger partial charge in [-0.3, -0.25) is 9.67 Å². The van der Waals surface area contributed by atoms with E-state index < -0.39 is 10.0 Å². The van der Waals surface area contributed by atoms with Gasteiger partial charge in [-0.05, 0) is 24.3 Å². The largest absolute Gasteiger partial charge is 0.371 e. The summed E-state index contributed by atoms with van der Waals surface area (Å²) < 4.78 is 35.4. The average Bonchev–Trinajstić information content (AvgIpc) is 3.09. The highest BCUT2D eigenvalue weighted by Crippen LogP contribution is 2.32. The summed E-state index contributed by atoms with van der Waals surface area (Å²) in [6.07, 6.45) is 4.78. The molecule has 2 aromatic heterocycles. The van der Waals surface area contributed by atoms with Gasteiger partial charge in [0.2, 0.25) is 10.0 Å². The van der Waals surface area contributed by atoms with E-state index in [9.17, 15) is 8.42 Å². The van der Waals surface area contributed by atoms with Crippen LogP contribution in [-0.2, 0) is 21.8 Å². The first-order valence-corrected chi connectivity index (χ1v) is 9.92. The van der Waals surface area contributed by atoms with E-state index in [4.69, 9.17) is 16.3 Å². The third kappa shape index (κ3) is 2.99. The number of hydrogen-bond donors (Lipinski definition) is 0. The molecule has 3 aromatic rings. The quantitative estimate of drug-likeness (QED) is 0.684. The fourth-order valence-corrected chi connectivity index (χ4v) is 4.95. The molecule has 1 fully saturated rings. The Morgan fingerprint density at radius 3 is 2.92 bits per heavy atom. The minimum atomic E-state index is -3.71. The molecule has 1 aliphatic heterocycles. The Morgan fingerprint density at radius 2 is 2.15 bits per heavy atom. The van der Waals surface area contributed by atoms with E-state index in [0.29, 0.717) is 29.1 Å². The number of nitrogens with zero attached hydrogens (tertiary/aromatic N) is 4. The molecule has 9 heteroatoms. The highest BCUT2D eigenvalue weighted by atomic mass is 35.5. The number of aromatic nitrogens is 3. The van der Waals surface area contributed by atoms with Gasteiger partial charge in [-0.15, -0.1) is 0 Å². The van der Waals surface area contributed by atoms with Crippen LogP contribution in [0.25, 0.3) is 10.9 Å². The average molecular weight is 393 g/mol. The van der Waals surface area contributed by atoms with Crippen LogP contribution in [0.5, 0.6) is 0 Å². The van der Waals surface area contributed by atoms with Crippen molar-refractivity contribution in [2.24, 2.45) is 7.05 Å². The molecule has 3 heterocycles. The highest BCUT2D eigenvalue weighted by molar-refractivity contribution is 7.89. The standard InChI is InChI=1S/C17H17ClN4O3S/c1-21-10-12(9-20-21)15-11-22(7-8-25-15)26(23,24)16-5-4-14(18)17-13(16)3-2-6-19-17/h2-6,9-10,15H,7-8,11H2,1H3/t15-/m1/s1. The summed E-state index contributed by atoms with van der Waals surface area (Å²) in [5.41, 5.74) is 1.34. The number of aryl methyl sites for hydroxylation is 1. The summed E-state index contributed by atoms with van der Waals surface area (Å²) in [4.78, 5) is 4.42. The van der Waals surface area contributed by atoms with Crippen LogP contribution in [-0.4, -0.2) is 47.2 Å². The second kappa shape index (κ2) is 6.62. The Kier molecular flexibility index (Phi) is 4.44. The van der Waals surface area contributed by atoms with E-state index in [-0.39, 0.29) is 17.5 Å². The fraction of sp³-hybridized carbons (Fsp3) is 0.294. The van der Waals surface area contributed by atoms with Gasteiger partial charge in [-0.25, -0.2) is 8.42 Å². The summed E-state index contributed by atoms with van der Waals surface area (Å²) in [7, 11) is -1.90. The van der Waals surface area contributed by atoms with Gasteiger partial charge in [0.25, 0.3) is 0 Å². The van der Waals surface area contributed by atoms with E-state index >= 15 is 0 Å². The first-order valence-electron chi connectivity index (χ1n) is 8.10. The third-order valence-corrected chi connectivity index (χ3v) is 6.65. The van der Waals surface area contributed by atoms with Crippen LogP contribution >= 0.6 is 11.6 Å². The van der Waals surface area contributed by atoms with Gasteiger partial charge in [0.05, 0.1) is 34.3 Å². The predicted molar refractivity (Wildman–Crippen MR) is 97.4 cm³/mol. The van der Waals surface area contributed by atoms with Crippen LogP contribution in [0.1, 0.15) is 11.7 Å². The Hall–Kier alpha value is -2.00. The summed E-state index contributed by atoms with van der Waals surface area (Å²) >= 11 is 6.17. The molecule has 0 aliphatic carbocycles. The van der Waals surface area contributed by atoms with Crippen molar-refractivity contribution in [3.63, 3.8) is 0 Å². The fourth-order valence-electron chi connectivity index (χ4n) is 3.13. The summed E-state index contributed by atoms with van der Waals surface area (Å²) in [6, 6.07) is 6.54. The van der Waals surface area contributed by atoms with Crippen LogP contribution in [0.2, 0.25) is 5.02 Å². The second-order valence-electron chi connectivity index (χ2n) is 6.11. The molecule has 1 saturated heterocycles. The summed E-state index contributed by atoms with van der Waals surface area (Å²) in [5, 5.41) is 5.08. The monoisotopic (exact) mass is 392 g/mol. The van der Waals surface area contributed by atoms with Gasteiger partial charge < -0.3 is 4.74 Å². The highest BCUT2D eigenvalue weighted by Gasteiger charge is 2.33. The predicted octanol–water partition coefficient (Wildman–Crippen LogP) is 2.38. The molecular formula is C17H17ClN4O3S. The number of morpholine rings is 1. The van der Waals surface area contributed by atoms with E-state index in [1.165, 1.54) is 10.4 Å². The Bertz CT molecular complexity index is 1070. The summed E-state index contributed by atoms with van der Waals surface area (Å²) in [5.74, 6) is 0. The van der Waals surface area contributed by atoms with Crippen molar-refractivity contribution >= 4 is 32.5 Å². The third-order valence-electron chi connectivity index (χ3n) is 4.42. The minimum absolute atomic E-state index is 0.205. The maximum absolute atomic E-state index is 13.3. The normalized spacial score (nSPS) is 19.1. The lowest BCUT2D eigenvalue weighted by molar-refractivity contribution is -0.00257. The molecule has 0 radical (unpaired) electrons. The van der Waals surface area contributed by atoms with E-state index in [0.717, 1.165) is 5.56 Å². The van der Waals surface area contributed by atoms with Crippen LogP contribution in [0.3, 0.4) is 0 Å². The molecule has 0 saturated carbocycles. The van der Waals surface area contributed by atoms with Crippen molar-refractivity contribution in [1.29, 1.82) is 0 Å². The van der Waals surface area contributed by atoms with Crippen LogP contribution in [0, 0.1) is 0 Å². The number of rotatable bonds is 3. The molecular weight excluding hydrogens is 376 g/mol. The van der Waals surface area contributed by atoms with E-state index in [1.807, 2.05) is 13.2 Å². The van der Waals surface area contributed by atoms with Crippen molar-refractivity contribution in [3.8, 4) is 0 Å². The molecule has 1 atom stereocenters. The molecule has 4 rings (SSSR count). The maximum atomic E-state index is 13.3. The molecule has 1 aromatic carbocycles. The molecule has 0 amide bonds. The van der Waals surface area contributed by atoms with Gasteiger partial charge in [-0.2, -0.15) is 9.40 Å². The van der Waals surface area contributed by atoms with E-state index in [1.54, 1.807) is 35.3 Å². The molecule has 0 unspecified atom stereocenters. The molecule has 7 nitrogen and oxygen atoms in total. The number of pyridine rings is 1. The molecule has 136 valence electrons. The molecule has 0 spiro atoms. The van der Waals surface area contributed by atoms with E-state index in [2.05, 4.69) is 10.1 Å². The Labute approximate surface area is 156 Å². The zero-order chi connectivity index (χ0) is 18.3. The zero-order valence-electron chi connectivity index (χ0n) is 14.0. The van der Waals surface area contributed by atoms with Gasteiger partial charge >= 0.3 is 0 Å². The smallest absolute Gasteiger partial charge is 0.243 e. The van der Waals surface area contributed by atoms with Crippen molar-refractivity contribution in [2.45, 2.75) is 11.0 Å². The lowest BCUT2D eigenvalue weighted by atomic mass is 10.2. The Morgan fingerprint density at radius 1 is 1.31 bits per heavy atom. The summed E-state index contributed by atoms with van der Waals surface area (Å²) in [6.45, 7) is 0.852. The van der Waals surface area contributed by atoms with Crippen molar-refractivity contribution in [2.75, 3.05) is 19.7 Å². The number of benzene rings is 1. The topological polar surface area (TPSA) is 77.3 Å². The number of fused-ring (bicyclic) bond motifs is 1. The number of ether oxygens (including phenoxy) is 1.